The van der Waals surface area contributed by atoms with Crippen molar-refractivity contribution in [3.63, 3.8) is 0 Å². The third-order valence-electron chi connectivity index (χ3n) is 3.31. The van der Waals surface area contributed by atoms with Crippen LogP contribution >= 0.6 is 0 Å². The van der Waals surface area contributed by atoms with Gasteiger partial charge in [0.25, 0.3) is 5.91 Å². The van der Waals surface area contributed by atoms with Crippen molar-refractivity contribution in [3.8, 4) is 17.2 Å². The average molecular weight is 362 g/mol. The molecule has 0 heterocycles. The average Bonchev–Trinajstić information content (AvgIpc) is 2.63. The van der Waals surface area contributed by atoms with Gasteiger partial charge in [-0.3, -0.25) is 4.79 Å². The van der Waals surface area contributed by atoms with Crippen molar-refractivity contribution in [1.82, 2.24) is 5.32 Å². The summed E-state index contributed by atoms with van der Waals surface area (Å²) in [5.74, 6) is -1.94. The van der Waals surface area contributed by atoms with Crippen LogP contribution in [0.15, 0.2) is 48.5 Å². The monoisotopic (exact) mass is 362 g/mol. The van der Waals surface area contributed by atoms with Gasteiger partial charge in [-0.15, -0.1) is 0 Å². The fourth-order valence-electron chi connectivity index (χ4n) is 2.17. The van der Waals surface area contributed by atoms with E-state index in [1.165, 1.54) is 6.07 Å². The van der Waals surface area contributed by atoms with Gasteiger partial charge in [-0.2, -0.15) is 18.4 Å². The lowest BCUT2D eigenvalue weighted by Crippen LogP contribution is -2.36. The second kappa shape index (κ2) is 8.16. The van der Waals surface area contributed by atoms with Crippen LogP contribution in [0.25, 0.3) is 11.1 Å². The smallest absolute Gasteiger partial charge is 0.405 e. The quantitative estimate of drug-likeness (QED) is 0.829. The second-order valence-electron chi connectivity index (χ2n) is 5.17. The summed E-state index contributed by atoms with van der Waals surface area (Å²) >= 11 is 0. The molecule has 1 amide bonds. The van der Waals surface area contributed by atoms with E-state index in [-0.39, 0.29) is 5.56 Å². The first-order valence-corrected chi connectivity index (χ1v) is 7.41. The zero-order valence-electron chi connectivity index (χ0n) is 13.3. The van der Waals surface area contributed by atoms with E-state index in [0.717, 1.165) is 0 Å². The fourth-order valence-corrected chi connectivity index (χ4v) is 2.17. The first kappa shape index (κ1) is 19.0. The molecule has 0 unspecified atom stereocenters. The number of benzene rings is 2. The van der Waals surface area contributed by atoms with Crippen molar-refractivity contribution in [1.29, 1.82) is 5.26 Å². The molecular formula is C18H13F3N2O3. The lowest BCUT2D eigenvalue weighted by atomic mass is 9.96. The number of nitriles is 1. The van der Waals surface area contributed by atoms with Gasteiger partial charge in [0.05, 0.1) is 17.2 Å². The molecule has 1 N–H and O–H groups in total. The number of nitrogens with one attached hydrogen (secondary N) is 1. The summed E-state index contributed by atoms with van der Waals surface area (Å²) in [5.41, 5.74) is 1.36. The Balaban J connectivity index is 2.14. The summed E-state index contributed by atoms with van der Waals surface area (Å²) in [7, 11) is 0. The Labute approximate surface area is 147 Å². The number of alkyl halides is 3. The minimum atomic E-state index is -4.55. The normalized spacial score (nSPS) is 10.7. The number of carbonyl (C=O) groups excluding carboxylic acids is 2. The van der Waals surface area contributed by atoms with Crippen LogP contribution in [0.2, 0.25) is 0 Å². The molecule has 2 aromatic rings. The zero-order valence-corrected chi connectivity index (χ0v) is 13.3. The number of amides is 1. The summed E-state index contributed by atoms with van der Waals surface area (Å²) in [6, 6.07) is 14.9. The molecule has 0 saturated carbocycles. The molecule has 0 aromatic heterocycles. The minimum Gasteiger partial charge on any atom is -0.452 e. The van der Waals surface area contributed by atoms with Crippen LogP contribution in [-0.2, 0) is 9.53 Å². The fraction of sp³-hybridized carbons (Fsp3) is 0.167. The Morgan fingerprint density at radius 2 is 1.65 bits per heavy atom. The maximum absolute atomic E-state index is 12.2. The van der Waals surface area contributed by atoms with Crippen molar-refractivity contribution < 1.29 is 27.5 Å². The number of hydrogen-bond acceptors (Lipinski definition) is 4. The van der Waals surface area contributed by atoms with E-state index in [1.54, 1.807) is 47.8 Å². The molecular weight excluding hydrogens is 349 g/mol. The number of nitrogens with zero attached hydrogens (tertiary/aromatic N) is 1. The summed E-state index contributed by atoms with van der Waals surface area (Å²) in [6.45, 7) is -2.35. The highest BCUT2D eigenvalue weighted by Crippen LogP contribution is 2.27. The van der Waals surface area contributed by atoms with Crippen LogP contribution in [0.3, 0.4) is 0 Å². The van der Waals surface area contributed by atoms with E-state index < -0.39 is 31.2 Å². The molecule has 0 aliphatic rings. The molecule has 0 spiro atoms. The molecule has 0 aliphatic heterocycles. The van der Waals surface area contributed by atoms with Crippen LogP contribution in [0.1, 0.15) is 15.9 Å². The summed E-state index contributed by atoms with van der Waals surface area (Å²) in [5, 5.41) is 10.8. The van der Waals surface area contributed by atoms with Gasteiger partial charge >= 0.3 is 12.1 Å². The van der Waals surface area contributed by atoms with Crippen molar-refractivity contribution in [3.05, 3.63) is 59.7 Å². The van der Waals surface area contributed by atoms with Crippen molar-refractivity contribution in [2.45, 2.75) is 6.18 Å². The summed E-state index contributed by atoms with van der Waals surface area (Å²) in [6.07, 6.45) is -4.55. The van der Waals surface area contributed by atoms with Gasteiger partial charge in [0.2, 0.25) is 0 Å². The topological polar surface area (TPSA) is 79.2 Å². The maximum Gasteiger partial charge on any atom is 0.405 e. The highest BCUT2D eigenvalue weighted by Gasteiger charge is 2.28. The first-order chi connectivity index (χ1) is 12.3. The van der Waals surface area contributed by atoms with Gasteiger partial charge in [-0.25, -0.2) is 4.79 Å². The molecule has 0 aliphatic carbocycles. The van der Waals surface area contributed by atoms with Gasteiger partial charge in [0.1, 0.15) is 6.54 Å². The Kier molecular flexibility index (Phi) is 5.96. The summed E-state index contributed by atoms with van der Waals surface area (Å²) < 4.78 is 40.9. The number of halogens is 3. The molecule has 0 bridgehead atoms. The van der Waals surface area contributed by atoms with Gasteiger partial charge < -0.3 is 10.1 Å². The zero-order chi connectivity index (χ0) is 19.2. The van der Waals surface area contributed by atoms with Crippen molar-refractivity contribution in [2.24, 2.45) is 0 Å². The Hall–Kier alpha value is -3.34. The van der Waals surface area contributed by atoms with Gasteiger partial charge in [0, 0.05) is 5.56 Å². The van der Waals surface area contributed by atoms with Gasteiger partial charge in [-0.05, 0) is 17.7 Å². The highest BCUT2D eigenvalue weighted by molar-refractivity contribution is 5.98. The van der Waals surface area contributed by atoms with Crippen LogP contribution in [0.4, 0.5) is 13.2 Å². The molecule has 0 fully saturated rings. The SMILES string of the molecule is N#Cc1ccccc1-c1ccccc1C(=O)OCC(=O)NCC(F)(F)F. The maximum atomic E-state index is 12.2. The van der Waals surface area contributed by atoms with E-state index in [2.05, 4.69) is 0 Å². The van der Waals surface area contributed by atoms with Crippen LogP contribution < -0.4 is 5.32 Å². The van der Waals surface area contributed by atoms with Crippen molar-refractivity contribution >= 4 is 11.9 Å². The number of rotatable bonds is 5. The predicted octanol–water partition coefficient (Wildman–Crippen LogP) is 3.06. The molecule has 2 aromatic carbocycles. The molecule has 26 heavy (non-hydrogen) atoms. The van der Waals surface area contributed by atoms with Crippen LogP contribution in [0.5, 0.6) is 0 Å². The third kappa shape index (κ3) is 5.08. The van der Waals surface area contributed by atoms with Crippen molar-refractivity contribution in [2.75, 3.05) is 13.2 Å². The standard InChI is InChI=1S/C18H13F3N2O3/c19-18(20,21)11-23-16(24)10-26-17(25)15-8-4-3-7-14(15)13-6-2-1-5-12(13)9-22/h1-8H,10-11H2,(H,23,24). The number of ether oxygens (including phenoxy) is 1. The van der Waals surface area contributed by atoms with Crippen LogP contribution in [0, 0.1) is 11.3 Å². The molecule has 0 radical (unpaired) electrons. The van der Waals surface area contributed by atoms with Gasteiger partial charge in [0.15, 0.2) is 6.61 Å². The number of hydrogen-bond donors (Lipinski definition) is 1. The second-order valence-corrected chi connectivity index (χ2v) is 5.17. The Bertz CT molecular complexity index is 857. The van der Waals surface area contributed by atoms with E-state index in [1.807, 2.05) is 6.07 Å². The molecule has 0 saturated heterocycles. The molecule has 2 rings (SSSR count). The first-order valence-electron chi connectivity index (χ1n) is 7.41. The minimum absolute atomic E-state index is 0.0961. The third-order valence-corrected chi connectivity index (χ3v) is 3.31. The van der Waals surface area contributed by atoms with E-state index in [0.29, 0.717) is 16.7 Å². The number of esters is 1. The predicted molar refractivity (Wildman–Crippen MR) is 85.9 cm³/mol. The van der Waals surface area contributed by atoms with E-state index in [9.17, 15) is 28.0 Å². The Morgan fingerprint density at radius 3 is 2.31 bits per heavy atom. The summed E-state index contributed by atoms with van der Waals surface area (Å²) in [4.78, 5) is 23.6. The molecule has 134 valence electrons. The largest absolute Gasteiger partial charge is 0.452 e. The molecule has 0 atom stereocenters. The number of carbonyl (C=O) groups is 2. The van der Waals surface area contributed by atoms with Crippen LogP contribution in [-0.4, -0.2) is 31.2 Å². The molecule has 5 nitrogen and oxygen atoms in total. The lowest BCUT2D eigenvalue weighted by molar-refractivity contribution is -0.140. The highest BCUT2D eigenvalue weighted by atomic mass is 19.4. The van der Waals surface area contributed by atoms with E-state index >= 15 is 0 Å². The lowest BCUT2D eigenvalue weighted by Gasteiger charge is -2.11. The van der Waals surface area contributed by atoms with Gasteiger partial charge in [-0.1, -0.05) is 36.4 Å². The molecule has 8 heteroatoms. The van der Waals surface area contributed by atoms with E-state index in [4.69, 9.17) is 4.74 Å². The Morgan fingerprint density at radius 1 is 1.04 bits per heavy atom.